The molecular weight excluding hydrogens is 338 g/mol. The molecule has 27 heavy (non-hydrogen) atoms. The largest absolute Gasteiger partial charge is 0.508 e. The van der Waals surface area contributed by atoms with Crippen LogP contribution in [0.3, 0.4) is 0 Å². The number of rotatable bonds is 6. The van der Waals surface area contributed by atoms with Crippen LogP contribution in [0.1, 0.15) is 22.6 Å². The van der Waals surface area contributed by atoms with E-state index in [1.54, 1.807) is 20.3 Å². The van der Waals surface area contributed by atoms with E-state index in [-0.39, 0.29) is 11.7 Å². The topological polar surface area (TPSA) is 41.9 Å². The summed E-state index contributed by atoms with van der Waals surface area (Å²) in [6, 6.07) is 21.7. The average Bonchev–Trinajstić information content (AvgIpc) is 2.70. The molecule has 0 aliphatic heterocycles. The van der Waals surface area contributed by atoms with Crippen LogP contribution >= 0.6 is 0 Å². The predicted molar refractivity (Wildman–Crippen MR) is 109 cm³/mol. The molecule has 3 aromatic carbocycles. The highest BCUT2D eigenvalue weighted by Gasteiger charge is 2.21. The molecule has 0 radical (unpaired) electrons. The molecule has 0 aliphatic rings. The molecule has 1 N–H and O–H groups in total. The van der Waals surface area contributed by atoms with Crippen LogP contribution < -0.4 is 14.4 Å². The molecule has 0 saturated carbocycles. The first-order valence-electron chi connectivity index (χ1n) is 8.82. The zero-order chi connectivity index (χ0) is 19.4. The number of aromatic hydroxyl groups is 1. The molecule has 0 amide bonds. The first kappa shape index (κ1) is 18.6. The molecule has 0 saturated heterocycles. The van der Waals surface area contributed by atoms with Crippen molar-refractivity contribution in [1.29, 1.82) is 0 Å². The van der Waals surface area contributed by atoms with Crippen molar-refractivity contribution in [2.75, 3.05) is 33.2 Å². The number of nitrogens with zero attached hydrogens (tertiary/aromatic N) is 1. The van der Waals surface area contributed by atoms with Gasteiger partial charge in [0.05, 0.1) is 14.2 Å². The summed E-state index contributed by atoms with van der Waals surface area (Å²) < 4.78 is 10.9. The highest BCUT2D eigenvalue weighted by Crippen LogP contribution is 2.40. The zero-order valence-corrected chi connectivity index (χ0v) is 16.1. The molecule has 140 valence electrons. The van der Waals surface area contributed by atoms with Crippen LogP contribution in [0.15, 0.2) is 66.7 Å². The van der Waals surface area contributed by atoms with Gasteiger partial charge in [0.2, 0.25) is 0 Å². The Labute approximate surface area is 160 Å². The van der Waals surface area contributed by atoms with E-state index in [9.17, 15) is 5.11 Å². The van der Waals surface area contributed by atoms with Crippen LogP contribution in [0.25, 0.3) is 0 Å². The fraction of sp³-hybridized carbons (Fsp3) is 0.217. The average molecular weight is 363 g/mol. The van der Waals surface area contributed by atoms with Gasteiger partial charge in [-0.15, -0.1) is 0 Å². The van der Waals surface area contributed by atoms with Crippen LogP contribution in [0.4, 0.5) is 5.69 Å². The van der Waals surface area contributed by atoms with Crippen molar-refractivity contribution in [3.05, 3.63) is 83.4 Å². The summed E-state index contributed by atoms with van der Waals surface area (Å²) in [4.78, 5) is 2.06. The van der Waals surface area contributed by atoms with Crippen LogP contribution in [-0.2, 0) is 0 Å². The van der Waals surface area contributed by atoms with E-state index in [2.05, 4.69) is 29.2 Å². The number of phenolic OH excluding ortho intramolecular Hbond substituents is 1. The molecule has 0 bridgehead atoms. The third-order valence-electron chi connectivity index (χ3n) is 4.73. The molecule has 0 heterocycles. The Morgan fingerprint density at radius 2 is 1.41 bits per heavy atom. The number of ether oxygens (including phenoxy) is 2. The second-order valence-electron chi connectivity index (χ2n) is 6.59. The lowest BCUT2D eigenvalue weighted by molar-refractivity contribution is 0.354. The number of anilines is 1. The second kappa shape index (κ2) is 8.04. The Morgan fingerprint density at radius 1 is 0.778 bits per heavy atom. The third kappa shape index (κ3) is 3.85. The summed E-state index contributed by atoms with van der Waals surface area (Å²) in [7, 11) is 7.29. The molecule has 4 heteroatoms. The number of hydrogen-bond acceptors (Lipinski definition) is 4. The van der Waals surface area contributed by atoms with E-state index < -0.39 is 0 Å². The maximum Gasteiger partial charge on any atom is 0.161 e. The van der Waals surface area contributed by atoms with E-state index in [0.717, 1.165) is 22.4 Å². The Bertz CT molecular complexity index is 904. The highest BCUT2D eigenvalue weighted by molar-refractivity contribution is 5.55. The van der Waals surface area contributed by atoms with Crippen molar-refractivity contribution in [1.82, 2.24) is 0 Å². The summed E-state index contributed by atoms with van der Waals surface area (Å²) >= 11 is 0. The van der Waals surface area contributed by atoms with Crippen molar-refractivity contribution in [2.24, 2.45) is 0 Å². The molecule has 0 fully saturated rings. The molecule has 1 unspecified atom stereocenters. The summed E-state index contributed by atoms with van der Waals surface area (Å²) in [5, 5.41) is 10.5. The first-order chi connectivity index (χ1) is 13.0. The first-order valence-corrected chi connectivity index (χ1v) is 8.82. The minimum absolute atomic E-state index is 0.123. The van der Waals surface area contributed by atoms with Crippen molar-refractivity contribution >= 4 is 5.69 Å². The molecule has 0 aromatic heterocycles. The van der Waals surface area contributed by atoms with Crippen LogP contribution in [0.5, 0.6) is 17.2 Å². The van der Waals surface area contributed by atoms with Gasteiger partial charge in [-0.3, -0.25) is 0 Å². The Kier molecular flexibility index (Phi) is 5.55. The monoisotopic (exact) mass is 363 g/mol. The van der Waals surface area contributed by atoms with Gasteiger partial charge < -0.3 is 19.5 Å². The molecule has 3 rings (SSSR count). The van der Waals surface area contributed by atoms with E-state index in [1.807, 2.05) is 50.5 Å². The lowest BCUT2D eigenvalue weighted by Crippen LogP contribution is -2.09. The van der Waals surface area contributed by atoms with Gasteiger partial charge in [-0.25, -0.2) is 0 Å². The van der Waals surface area contributed by atoms with Crippen molar-refractivity contribution in [2.45, 2.75) is 5.92 Å². The molecule has 1 atom stereocenters. The van der Waals surface area contributed by atoms with Crippen LogP contribution in [-0.4, -0.2) is 33.4 Å². The second-order valence-corrected chi connectivity index (χ2v) is 6.59. The maximum absolute atomic E-state index is 10.5. The molecule has 4 nitrogen and oxygen atoms in total. The predicted octanol–water partition coefficient (Wildman–Crippen LogP) is 4.66. The van der Waals surface area contributed by atoms with E-state index in [1.165, 1.54) is 0 Å². The quantitative estimate of drug-likeness (QED) is 0.647. The smallest absolute Gasteiger partial charge is 0.161 e. The number of phenols is 1. The Balaban J connectivity index is 2.15. The van der Waals surface area contributed by atoms with Crippen molar-refractivity contribution < 1.29 is 14.6 Å². The van der Waals surface area contributed by atoms with Gasteiger partial charge in [0.1, 0.15) is 5.75 Å². The van der Waals surface area contributed by atoms with Crippen LogP contribution in [0.2, 0.25) is 0 Å². The normalized spacial score (nSPS) is 11.7. The van der Waals surface area contributed by atoms with Gasteiger partial charge in [0.15, 0.2) is 11.5 Å². The lowest BCUT2D eigenvalue weighted by atomic mass is 9.84. The van der Waals surface area contributed by atoms with Crippen molar-refractivity contribution in [3.8, 4) is 17.2 Å². The van der Waals surface area contributed by atoms with Gasteiger partial charge in [-0.05, 0) is 41.5 Å². The number of para-hydroxylation sites is 1. The van der Waals surface area contributed by atoms with Gasteiger partial charge in [0.25, 0.3) is 0 Å². The molecule has 0 spiro atoms. The highest BCUT2D eigenvalue weighted by atomic mass is 16.5. The third-order valence-corrected chi connectivity index (χ3v) is 4.73. The molecule has 3 aromatic rings. The lowest BCUT2D eigenvalue weighted by Gasteiger charge is -2.22. The number of methoxy groups -OCH3 is 2. The summed E-state index contributed by atoms with van der Waals surface area (Å²) in [5.41, 5.74) is 4.09. The number of hydrogen-bond donors (Lipinski definition) is 1. The molecular formula is C23H25NO3. The SMILES string of the molecule is COc1ccc(C(c2ccc(N(C)C)cc2)c2ccccc2O)cc1OC. The minimum Gasteiger partial charge on any atom is -0.508 e. The number of benzene rings is 3. The fourth-order valence-corrected chi connectivity index (χ4v) is 3.28. The van der Waals surface area contributed by atoms with E-state index >= 15 is 0 Å². The standard InChI is InChI=1S/C23H25NO3/c1-24(2)18-12-9-16(10-13-18)23(19-7-5-6-8-20(19)25)17-11-14-21(26-3)22(15-17)27-4/h5-15,23,25H,1-4H3. The Morgan fingerprint density at radius 3 is 2.00 bits per heavy atom. The van der Waals surface area contributed by atoms with Crippen LogP contribution in [0, 0.1) is 0 Å². The van der Waals surface area contributed by atoms with E-state index in [4.69, 9.17) is 9.47 Å². The van der Waals surface area contributed by atoms with Gasteiger partial charge in [-0.2, -0.15) is 0 Å². The van der Waals surface area contributed by atoms with Gasteiger partial charge in [-0.1, -0.05) is 36.4 Å². The van der Waals surface area contributed by atoms with Gasteiger partial charge >= 0.3 is 0 Å². The Hall–Kier alpha value is -3.14. The zero-order valence-electron chi connectivity index (χ0n) is 16.1. The fourth-order valence-electron chi connectivity index (χ4n) is 3.28. The molecule has 0 aliphatic carbocycles. The van der Waals surface area contributed by atoms with E-state index in [0.29, 0.717) is 11.5 Å². The summed E-state index contributed by atoms with van der Waals surface area (Å²) in [6.07, 6.45) is 0. The summed E-state index contributed by atoms with van der Waals surface area (Å²) in [5.74, 6) is 1.50. The maximum atomic E-state index is 10.5. The van der Waals surface area contributed by atoms with Crippen molar-refractivity contribution in [3.63, 3.8) is 0 Å². The van der Waals surface area contributed by atoms with Gasteiger partial charge in [0, 0.05) is 31.3 Å². The minimum atomic E-state index is -0.123. The summed E-state index contributed by atoms with van der Waals surface area (Å²) in [6.45, 7) is 0.